The molecular weight excluding hydrogens is 364 g/mol. The lowest BCUT2D eigenvalue weighted by atomic mass is 10.0. The van der Waals surface area contributed by atoms with E-state index in [1.807, 2.05) is 42.2 Å². The van der Waals surface area contributed by atoms with E-state index >= 15 is 0 Å². The number of nitrogens with one attached hydrogen (secondary N) is 3. The molecule has 1 aromatic heterocycles. The van der Waals surface area contributed by atoms with Gasteiger partial charge < -0.3 is 20.5 Å². The van der Waals surface area contributed by atoms with Gasteiger partial charge in [0.05, 0.1) is 5.57 Å². The van der Waals surface area contributed by atoms with Gasteiger partial charge in [0.15, 0.2) is 0 Å². The van der Waals surface area contributed by atoms with Crippen molar-refractivity contribution in [1.82, 2.24) is 15.2 Å². The average Bonchev–Trinajstić information content (AvgIpc) is 3.01. The van der Waals surface area contributed by atoms with Gasteiger partial charge >= 0.3 is 0 Å². The third kappa shape index (κ3) is 3.98. The highest BCUT2D eigenvalue weighted by Gasteiger charge is 2.24. The second-order valence-corrected chi connectivity index (χ2v) is 7.81. The van der Waals surface area contributed by atoms with Crippen LogP contribution in [0.4, 0.5) is 5.69 Å². The monoisotopic (exact) mass is 392 g/mol. The molecule has 2 amide bonds. The molecule has 6 nitrogen and oxygen atoms in total. The maximum atomic E-state index is 12.6. The Labute approximate surface area is 171 Å². The van der Waals surface area contributed by atoms with Crippen molar-refractivity contribution >= 4 is 29.2 Å². The van der Waals surface area contributed by atoms with Gasteiger partial charge in [-0.15, -0.1) is 0 Å². The van der Waals surface area contributed by atoms with E-state index in [1.165, 1.54) is 5.56 Å². The second kappa shape index (κ2) is 8.25. The number of anilines is 1. The van der Waals surface area contributed by atoms with Crippen LogP contribution in [0.1, 0.15) is 40.9 Å². The Kier molecular flexibility index (Phi) is 5.53. The Morgan fingerprint density at radius 2 is 2.00 bits per heavy atom. The molecule has 152 valence electrons. The number of carbonyl (C=O) groups is 2. The fourth-order valence-corrected chi connectivity index (χ4v) is 4.25. The Balaban J connectivity index is 1.51. The first-order valence-electron chi connectivity index (χ1n) is 10.3. The number of nitrogens with zero attached hydrogens (tertiary/aromatic N) is 1. The van der Waals surface area contributed by atoms with E-state index in [-0.39, 0.29) is 11.8 Å². The number of aromatic nitrogens is 1. The number of rotatable bonds is 4. The average molecular weight is 393 g/mol. The first kappa shape index (κ1) is 19.5. The predicted molar refractivity (Wildman–Crippen MR) is 116 cm³/mol. The maximum Gasteiger partial charge on any atom is 0.256 e. The predicted octanol–water partition coefficient (Wildman–Crippen LogP) is 2.88. The fraction of sp³-hybridized carbons (Fsp3) is 0.391. The molecule has 4 rings (SSSR count). The maximum absolute atomic E-state index is 12.6. The highest BCUT2D eigenvalue weighted by Crippen LogP contribution is 2.33. The van der Waals surface area contributed by atoms with Gasteiger partial charge in [0.1, 0.15) is 0 Å². The van der Waals surface area contributed by atoms with Crippen molar-refractivity contribution in [3.63, 3.8) is 0 Å². The standard InChI is InChI=1S/C23H28N4O2/c1-15-17(8-9-22(28)27-12-5-10-24-11-13-27)16(2)25-21(15)14-19-18-6-3-4-7-20(18)26-23(19)29/h3-4,6-7,14,24-25H,5,8-13H2,1-2H3,(H,26,29)/b19-14-. The van der Waals surface area contributed by atoms with Gasteiger partial charge in [0.25, 0.3) is 5.91 Å². The smallest absolute Gasteiger partial charge is 0.256 e. The number of fused-ring (bicyclic) bond motifs is 1. The van der Waals surface area contributed by atoms with Gasteiger partial charge in [0, 0.05) is 48.7 Å². The van der Waals surface area contributed by atoms with E-state index in [4.69, 9.17) is 0 Å². The number of hydrogen-bond donors (Lipinski definition) is 3. The van der Waals surface area contributed by atoms with Crippen LogP contribution in [0.3, 0.4) is 0 Å². The Bertz CT molecular complexity index is 965. The van der Waals surface area contributed by atoms with Crippen molar-refractivity contribution in [1.29, 1.82) is 0 Å². The lowest BCUT2D eigenvalue weighted by Gasteiger charge is -2.20. The molecule has 1 aromatic carbocycles. The third-order valence-corrected chi connectivity index (χ3v) is 5.91. The topological polar surface area (TPSA) is 77.2 Å². The number of hydrogen-bond acceptors (Lipinski definition) is 3. The third-order valence-electron chi connectivity index (χ3n) is 5.91. The number of aryl methyl sites for hydroxylation is 1. The number of amides is 2. The highest BCUT2D eigenvalue weighted by atomic mass is 16.2. The van der Waals surface area contributed by atoms with Crippen LogP contribution in [0, 0.1) is 13.8 Å². The van der Waals surface area contributed by atoms with Crippen LogP contribution in [0.15, 0.2) is 24.3 Å². The molecule has 0 atom stereocenters. The van der Waals surface area contributed by atoms with Crippen LogP contribution < -0.4 is 10.6 Å². The molecule has 0 bridgehead atoms. The zero-order chi connectivity index (χ0) is 20.4. The molecule has 1 saturated heterocycles. The molecule has 0 spiro atoms. The highest BCUT2D eigenvalue weighted by molar-refractivity contribution is 6.34. The molecular formula is C23H28N4O2. The summed E-state index contributed by atoms with van der Waals surface area (Å²) in [5.74, 6) is 0.141. The second-order valence-electron chi connectivity index (χ2n) is 7.81. The van der Waals surface area contributed by atoms with Crippen molar-refractivity contribution in [3.05, 3.63) is 52.3 Å². The van der Waals surface area contributed by atoms with Gasteiger partial charge in [-0.3, -0.25) is 9.59 Å². The quantitative estimate of drug-likeness (QED) is 0.700. The Hall–Kier alpha value is -2.86. The summed E-state index contributed by atoms with van der Waals surface area (Å²) in [6.07, 6.45) is 4.16. The number of para-hydroxylation sites is 1. The van der Waals surface area contributed by atoms with Crippen LogP contribution in [0.25, 0.3) is 11.6 Å². The minimum absolute atomic E-state index is 0.0793. The Morgan fingerprint density at radius 1 is 1.17 bits per heavy atom. The van der Waals surface area contributed by atoms with Gasteiger partial charge in [0.2, 0.25) is 5.91 Å². The summed E-state index contributed by atoms with van der Waals surface area (Å²) in [7, 11) is 0. The minimum atomic E-state index is -0.0793. The number of benzene rings is 1. The summed E-state index contributed by atoms with van der Waals surface area (Å²) < 4.78 is 0. The van der Waals surface area contributed by atoms with E-state index < -0.39 is 0 Å². The van der Waals surface area contributed by atoms with Crippen molar-refractivity contribution in [2.75, 3.05) is 31.5 Å². The van der Waals surface area contributed by atoms with E-state index in [9.17, 15) is 9.59 Å². The molecule has 0 radical (unpaired) electrons. The zero-order valence-electron chi connectivity index (χ0n) is 17.1. The lowest BCUT2D eigenvalue weighted by molar-refractivity contribution is -0.131. The van der Waals surface area contributed by atoms with Gasteiger partial charge in [-0.05, 0) is 56.5 Å². The molecule has 1 fully saturated rings. The van der Waals surface area contributed by atoms with Crippen LogP contribution in [-0.2, 0) is 16.0 Å². The number of aromatic amines is 1. The van der Waals surface area contributed by atoms with Gasteiger partial charge in [-0.25, -0.2) is 0 Å². The van der Waals surface area contributed by atoms with Crippen molar-refractivity contribution in [3.8, 4) is 0 Å². The molecule has 0 saturated carbocycles. The Morgan fingerprint density at radius 3 is 2.86 bits per heavy atom. The van der Waals surface area contributed by atoms with E-state index in [2.05, 4.69) is 22.5 Å². The normalized spacial score (nSPS) is 17.9. The van der Waals surface area contributed by atoms with E-state index in [1.54, 1.807) is 0 Å². The number of carbonyl (C=O) groups excluding carboxylic acids is 2. The van der Waals surface area contributed by atoms with Crippen LogP contribution in [-0.4, -0.2) is 47.9 Å². The number of H-pyrrole nitrogens is 1. The molecule has 3 N–H and O–H groups in total. The molecule has 0 aliphatic carbocycles. The molecule has 29 heavy (non-hydrogen) atoms. The van der Waals surface area contributed by atoms with Crippen LogP contribution >= 0.6 is 0 Å². The fourth-order valence-electron chi connectivity index (χ4n) is 4.25. The van der Waals surface area contributed by atoms with Gasteiger partial charge in [-0.1, -0.05) is 18.2 Å². The molecule has 0 unspecified atom stereocenters. The first-order chi connectivity index (χ1) is 14.0. The van der Waals surface area contributed by atoms with Crippen molar-refractivity contribution < 1.29 is 9.59 Å². The molecule has 2 aromatic rings. The summed E-state index contributed by atoms with van der Waals surface area (Å²) in [6, 6.07) is 7.73. The summed E-state index contributed by atoms with van der Waals surface area (Å²) in [5, 5.41) is 6.25. The SMILES string of the molecule is Cc1[nH]c(/C=C2\C(=O)Nc3ccccc32)c(C)c1CCC(=O)N1CCCNCC1. The first-order valence-corrected chi connectivity index (χ1v) is 10.3. The molecule has 2 aliphatic heterocycles. The summed E-state index contributed by atoms with van der Waals surface area (Å²) in [5.41, 5.74) is 6.72. The largest absolute Gasteiger partial charge is 0.359 e. The summed E-state index contributed by atoms with van der Waals surface area (Å²) in [6.45, 7) is 7.57. The van der Waals surface area contributed by atoms with E-state index in [0.29, 0.717) is 18.4 Å². The lowest BCUT2D eigenvalue weighted by Crippen LogP contribution is -2.34. The van der Waals surface area contributed by atoms with E-state index in [0.717, 1.165) is 60.8 Å². The minimum Gasteiger partial charge on any atom is -0.359 e. The van der Waals surface area contributed by atoms with Crippen LogP contribution in [0.2, 0.25) is 0 Å². The molecule has 6 heteroatoms. The molecule has 3 heterocycles. The summed E-state index contributed by atoms with van der Waals surface area (Å²) in [4.78, 5) is 30.4. The van der Waals surface area contributed by atoms with Gasteiger partial charge in [-0.2, -0.15) is 0 Å². The van der Waals surface area contributed by atoms with Crippen molar-refractivity contribution in [2.45, 2.75) is 33.1 Å². The molecule has 2 aliphatic rings. The zero-order valence-corrected chi connectivity index (χ0v) is 17.1. The van der Waals surface area contributed by atoms with Crippen LogP contribution in [0.5, 0.6) is 0 Å². The van der Waals surface area contributed by atoms with Crippen molar-refractivity contribution in [2.24, 2.45) is 0 Å². The summed E-state index contributed by atoms with van der Waals surface area (Å²) >= 11 is 0.